The second kappa shape index (κ2) is 2.48. The predicted octanol–water partition coefficient (Wildman–Crippen LogP) is -0.347. The molecule has 0 saturated heterocycles. The minimum atomic E-state index is 0.445. The molecule has 2 aromatic rings. The van der Waals surface area contributed by atoms with E-state index in [0.29, 0.717) is 17.1 Å². The number of rotatable bonds is 0. The Balaban J connectivity index is 2.97. The van der Waals surface area contributed by atoms with E-state index in [1.165, 1.54) is 0 Å². The Bertz CT molecular complexity index is 474. The van der Waals surface area contributed by atoms with Crippen molar-refractivity contribution in [2.75, 3.05) is 5.73 Å². The van der Waals surface area contributed by atoms with E-state index in [-0.39, 0.29) is 0 Å². The summed E-state index contributed by atoms with van der Waals surface area (Å²) in [7, 11) is 7.63. The average Bonchev–Trinajstić information content (AvgIpc) is 2.27. The predicted molar refractivity (Wildman–Crippen MR) is 53.0 cm³/mol. The summed E-state index contributed by atoms with van der Waals surface area (Å²) >= 11 is 0. The first kappa shape index (κ1) is 8.10. The molecule has 0 unspecified atom stereocenters. The number of aryl methyl sites for hydroxylation is 2. The third kappa shape index (κ3) is 1.08. The van der Waals surface area contributed by atoms with Gasteiger partial charge in [0.2, 0.25) is 0 Å². The molecule has 2 N–H and O–H groups in total. The van der Waals surface area contributed by atoms with Crippen LogP contribution < -0.4 is 11.2 Å². The lowest BCUT2D eigenvalue weighted by molar-refractivity contribution is 0.935. The molecule has 0 fully saturated rings. The summed E-state index contributed by atoms with van der Waals surface area (Å²) in [6, 6.07) is 0. The number of fused-ring (bicyclic) bond motifs is 1. The van der Waals surface area contributed by atoms with Crippen LogP contribution in [0.1, 0.15) is 5.82 Å². The molecule has 5 heteroatoms. The molecule has 4 nitrogen and oxygen atoms in total. The summed E-state index contributed by atoms with van der Waals surface area (Å²) in [6.45, 7) is 1.80. The molecule has 2 rings (SSSR count). The minimum Gasteiger partial charge on any atom is -0.383 e. The molecule has 0 amide bonds. The van der Waals surface area contributed by atoms with Gasteiger partial charge in [0.1, 0.15) is 25.1 Å². The molecule has 0 saturated carbocycles. The number of anilines is 1. The fourth-order valence-electron chi connectivity index (χ4n) is 1.45. The first-order chi connectivity index (χ1) is 6.09. The molecule has 0 atom stereocenters. The van der Waals surface area contributed by atoms with Gasteiger partial charge < -0.3 is 10.3 Å². The van der Waals surface area contributed by atoms with Crippen LogP contribution in [0.25, 0.3) is 11.0 Å². The van der Waals surface area contributed by atoms with E-state index < -0.39 is 0 Å². The number of nitrogens with two attached hydrogens (primary N) is 1. The van der Waals surface area contributed by atoms with Crippen molar-refractivity contribution in [2.45, 2.75) is 6.92 Å². The van der Waals surface area contributed by atoms with Crippen molar-refractivity contribution < 1.29 is 0 Å². The van der Waals surface area contributed by atoms with Crippen molar-refractivity contribution in [1.82, 2.24) is 14.5 Å². The van der Waals surface area contributed by atoms with Crippen LogP contribution in [0.5, 0.6) is 0 Å². The molecule has 0 aliphatic heterocycles. The summed E-state index contributed by atoms with van der Waals surface area (Å²) in [4.78, 5) is 8.30. The highest BCUT2D eigenvalue weighted by Crippen LogP contribution is 2.15. The Kier molecular flexibility index (Phi) is 1.55. The Morgan fingerprint density at radius 2 is 2.15 bits per heavy atom. The first-order valence-electron chi connectivity index (χ1n) is 3.94. The lowest BCUT2D eigenvalue weighted by atomic mass is 9.97. The topological polar surface area (TPSA) is 56.7 Å². The monoisotopic (exact) mass is 172 g/mol. The standard InChI is InChI=1S/C8H9BN4/c1-4-11-7(10)6-5(9)3-13(2)8(6)12-4/h3H,1-2H3,(H2,10,11,12). The second-order valence-electron chi connectivity index (χ2n) is 3.05. The summed E-state index contributed by atoms with van der Waals surface area (Å²) in [6.07, 6.45) is 1.79. The number of nitrogen functional groups attached to an aromatic ring is 1. The highest BCUT2D eigenvalue weighted by atomic mass is 15.1. The van der Waals surface area contributed by atoms with Crippen molar-refractivity contribution in [2.24, 2.45) is 7.05 Å². The van der Waals surface area contributed by atoms with Gasteiger partial charge in [0.05, 0.1) is 5.39 Å². The van der Waals surface area contributed by atoms with Crippen LogP contribution in [0.15, 0.2) is 6.20 Å². The fraction of sp³-hybridized carbons (Fsp3) is 0.250. The molecule has 2 radical (unpaired) electrons. The van der Waals surface area contributed by atoms with Crippen LogP contribution in [0, 0.1) is 6.92 Å². The zero-order chi connectivity index (χ0) is 9.59. The zero-order valence-corrected chi connectivity index (χ0v) is 7.57. The van der Waals surface area contributed by atoms with E-state index in [1.54, 1.807) is 13.1 Å². The van der Waals surface area contributed by atoms with Gasteiger partial charge in [-0.25, -0.2) is 9.97 Å². The number of hydrogen-bond donors (Lipinski definition) is 1. The highest BCUT2D eigenvalue weighted by molar-refractivity contribution is 6.39. The van der Waals surface area contributed by atoms with Crippen molar-refractivity contribution >= 4 is 30.2 Å². The van der Waals surface area contributed by atoms with Crippen molar-refractivity contribution in [3.8, 4) is 0 Å². The Morgan fingerprint density at radius 3 is 2.85 bits per heavy atom. The summed E-state index contributed by atoms with van der Waals surface area (Å²) in [5, 5.41) is 0.744. The van der Waals surface area contributed by atoms with E-state index in [0.717, 1.165) is 11.0 Å². The van der Waals surface area contributed by atoms with E-state index in [4.69, 9.17) is 13.6 Å². The van der Waals surface area contributed by atoms with Crippen LogP contribution >= 0.6 is 0 Å². The third-order valence-corrected chi connectivity index (χ3v) is 1.99. The van der Waals surface area contributed by atoms with Gasteiger partial charge in [0, 0.05) is 7.05 Å². The first-order valence-corrected chi connectivity index (χ1v) is 3.94. The second-order valence-corrected chi connectivity index (χ2v) is 3.05. The highest BCUT2D eigenvalue weighted by Gasteiger charge is 2.08. The maximum atomic E-state index is 5.75. The number of aromatic nitrogens is 3. The molecule has 0 spiro atoms. The molecule has 0 bridgehead atoms. The van der Waals surface area contributed by atoms with Crippen LogP contribution in [-0.2, 0) is 7.05 Å². The molecule has 0 aliphatic rings. The van der Waals surface area contributed by atoms with Gasteiger partial charge in [-0.2, -0.15) is 0 Å². The lowest BCUT2D eigenvalue weighted by Gasteiger charge is -1.99. The molecule has 64 valence electrons. The molecule has 0 aliphatic carbocycles. The van der Waals surface area contributed by atoms with Crippen LogP contribution in [0.2, 0.25) is 0 Å². The van der Waals surface area contributed by atoms with Gasteiger partial charge >= 0.3 is 0 Å². The molecule has 13 heavy (non-hydrogen) atoms. The lowest BCUT2D eigenvalue weighted by Crippen LogP contribution is -2.04. The van der Waals surface area contributed by atoms with Gasteiger partial charge in [-0.3, -0.25) is 0 Å². The molecular formula is C8H9BN4. The quantitative estimate of drug-likeness (QED) is 0.552. The average molecular weight is 172 g/mol. The maximum Gasteiger partial charge on any atom is 0.144 e. The Labute approximate surface area is 77.2 Å². The molecule has 0 aromatic carbocycles. The number of nitrogens with zero attached hydrogens (tertiary/aromatic N) is 3. The van der Waals surface area contributed by atoms with Crippen molar-refractivity contribution in [3.05, 3.63) is 12.0 Å². The largest absolute Gasteiger partial charge is 0.383 e. The van der Waals surface area contributed by atoms with Gasteiger partial charge in [-0.15, -0.1) is 0 Å². The fourth-order valence-corrected chi connectivity index (χ4v) is 1.45. The van der Waals surface area contributed by atoms with E-state index >= 15 is 0 Å². The van der Waals surface area contributed by atoms with E-state index in [1.807, 2.05) is 11.6 Å². The zero-order valence-electron chi connectivity index (χ0n) is 7.57. The van der Waals surface area contributed by atoms with E-state index in [9.17, 15) is 0 Å². The van der Waals surface area contributed by atoms with Gasteiger partial charge in [-0.1, -0.05) is 5.46 Å². The SMILES string of the molecule is [B]c1cn(C)c2nc(C)nc(N)c12. The summed E-state index contributed by atoms with van der Waals surface area (Å²) in [5.74, 6) is 1.10. The normalized spacial score (nSPS) is 10.9. The minimum absolute atomic E-state index is 0.445. The molecular weight excluding hydrogens is 163 g/mol. The summed E-state index contributed by atoms with van der Waals surface area (Å²) in [5.41, 5.74) is 7.13. The van der Waals surface area contributed by atoms with Crippen LogP contribution in [-0.4, -0.2) is 22.4 Å². The van der Waals surface area contributed by atoms with Crippen molar-refractivity contribution in [3.63, 3.8) is 0 Å². The third-order valence-electron chi connectivity index (χ3n) is 1.99. The van der Waals surface area contributed by atoms with E-state index in [2.05, 4.69) is 9.97 Å². The maximum absolute atomic E-state index is 5.75. The van der Waals surface area contributed by atoms with Crippen molar-refractivity contribution in [1.29, 1.82) is 0 Å². The summed E-state index contributed by atoms with van der Waals surface area (Å²) < 4.78 is 1.84. The smallest absolute Gasteiger partial charge is 0.144 e. The number of hydrogen-bond acceptors (Lipinski definition) is 3. The van der Waals surface area contributed by atoms with Crippen LogP contribution in [0.4, 0.5) is 5.82 Å². The molecule has 2 heterocycles. The van der Waals surface area contributed by atoms with Crippen LogP contribution in [0.3, 0.4) is 0 Å². The Morgan fingerprint density at radius 1 is 1.46 bits per heavy atom. The Hall–Kier alpha value is -1.52. The van der Waals surface area contributed by atoms with Gasteiger partial charge in [0.15, 0.2) is 0 Å². The van der Waals surface area contributed by atoms with Gasteiger partial charge in [0.25, 0.3) is 0 Å². The molecule has 2 aromatic heterocycles. The van der Waals surface area contributed by atoms with Gasteiger partial charge in [-0.05, 0) is 13.1 Å².